The highest BCUT2D eigenvalue weighted by Crippen LogP contribution is 2.13. The minimum absolute atomic E-state index is 0.00206. The van der Waals surface area contributed by atoms with Gasteiger partial charge in [0.05, 0.1) is 6.54 Å². The van der Waals surface area contributed by atoms with Crippen LogP contribution in [0.5, 0.6) is 0 Å². The van der Waals surface area contributed by atoms with Gasteiger partial charge < -0.3 is 10.2 Å². The minimum atomic E-state index is -0.774. The molecule has 3 rings (SSSR count). The van der Waals surface area contributed by atoms with Crippen LogP contribution in [0.3, 0.4) is 0 Å². The molecular formula is C19H19F2N3O2. The van der Waals surface area contributed by atoms with Crippen molar-refractivity contribution in [1.29, 1.82) is 0 Å². The molecule has 1 aliphatic heterocycles. The number of amides is 2. The van der Waals surface area contributed by atoms with Crippen LogP contribution >= 0.6 is 0 Å². The van der Waals surface area contributed by atoms with E-state index < -0.39 is 17.5 Å². The Labute approximate surface area is 150 Å². The van der Waals surface area contributed by atoms with Crippen LogP contribution in [0.2, 0.25) is 0 Å². The van der Waals surface area contributed by atoms with Crippen LogP contribution in [0.25, 0.3) is 0 Å². The van der Waals surface area contributed by atoms with Crippen molar-refractivity contribution in [3.8, 4) is 0 Å². The van der Waals surface area contributed by atoms with E-state index in [2.05, 4.69) is 5.32 Å². The Balaban J connectivity index is 1.51. The van der Waals surface area contributed by atoms with Gasteiger partial charge in [-0.2, -0.15) is 0 Å². The quantitative estimate of drug-likeness (QED) is 0.912. The van der Waals surface area contributed by atoms with Crippen molar-refractivity contribution in [3.63, 3.8) is 0 Å². The predicted octanol–water partition coefficient (Wildman–Crippen LogP) is 2.36. The van der Waals surface area contributed by atoms with Crippen molar-refractivity contribution < 1.29 is 18.4 Å². The topological polar surface area (TPSA) is 52.7 Å². The molecule has 0 bridgehead atoms. The molecule has 5 nitrogen and oxygen atoms in total. The molecule has 0 radical (unpaired) electrons. The average molecular weight is 359 g/mol. The molecular weight excluding hydrogens is 340 g/mol. The van der Waals surface area contributed by atoms with Crippen LogP contribution in [0.1, 0.15) is 10.4 Å². The average Bonchev–Trinajstić information content (AvgIpc) is 2.61. The summed E-state index contributed by atoms with van der Waals surface area (Å²) in [4.78, 5) is 27.9. The van der Waals surface area contributed by atoms with Crippen LogP contribution in [0.4, 0.5) is 14.5 Å². The van der Waals surface area contributed by atoms with E-state index in [1.165, 1.54) is 0 Å². The fourth-order valence-corrected chi connectivity index (χ4v) is 2.89. The summed E-state index contributed by atoms with van der Waals surface area (Å²) >= 11 is 0. The highest BCUT2D eigenvalue weighted by atomic mass is 19.1. The Morgan fingerprint density at radius 2 is 1.54 bits per heavy atom. The van der Waals surface area contributed by atoms with Gasteiger partial charge in [0.25, 0.3) is 5.91 Å². The van der Waals surface area contributed by atoms with Gasteiger partial charge >= 0.3 is 0 Å². The lowest BCUT2D eigenvalue weighted by Gasteiger charge is -2.34. The zero-order chi connectivity index (χ0) is 18.5. The molecule has 1 fully saturated rings. The molecule has 7 heteroatoms. The fraction of sp³-hybridized carbons (Fsp3) is 0.263. The van der Waals surface area contributed by atoms with E-state index in [-0.39, 0.29) is 18.0 Å². The molecule has 1 N–H and O–H groups in total. The Morgan fingerprint density at radius 3 is 2.15 bits per heavy atom. The van der Waals surface area contributed by atoms with Crippen LogP contribution < -0.4 is 5.32 Å². The second kappa shape index (κ2) is 8.05. The maximum atomic E-state index is 13.3. The van der Waals surface area contributed by atoms with Crippen LogP contribution in [-0.4, -0.2) is 54.3 Å². The molecule has 2 aromatic carbocycles. The standard InChI is InChI=1S/C19H19F2N3O2/c20-15-10-14(11-16(21)12-15)19(26)24-8-6-23(7-9-24)13-18(25)22-17-4-2-1-3-5-17/h1-5,10-12H,6-9,13H2,(H,22,25). The zero-order valence-electron chi connectivity index (χ0n) is 14.1. The molecule has 2 amide bonds. The van der Waals surface area contributed by atoms with Gasteiger partial charge in [0.15, 0.2) is 0 Å². The summed E-state index contributed by atoms with van der Waals surface area (Å²) in [5.74, 6) is -2.07. The molecule has 2 aromatic rings. The maximum Gasteiger partial charge on any atom is 0.254 e. The number of anilines is 1. The third kappa shape index (κ3) is 4.64. The maximum absolute atomic E-state index is 13.3. The SMILES string of the molecule is O=C(CN1CCN(C(=O)c2cc(F)cc(F)c2)CC1)Nc1ccccc1. The molecule has 0 atom stereocenters. The number of piperazine rings is 1. The molecule has 1 saturated heterocycles. The summed E-state index contributed by atoms with van der Waals surface area (Å²) in [6.45, 7) is 2.06. The first-order chi connectivity index (χ1) is 12.5. The molecule has 1 heterocycles. The number of hydrogen-bond acceptors (Lipinski definition) is 3. The summed E-state index contributed by atoms with van der Waals surface area (Å²) < 4.78 is 26.6. The Hall–Kier alpha value is -2.80. The molecule has 0 saturated carbocycles. The predicted molar refractivity (Wildman–Crippen MR) is 93.8 cm³/mol. The molecule has 0 aliphatic carbocycles. The summed E-state index contributed by atoms with van der Waals surface area (Å²) in [5, 5.41) is 2.82. The number of para-hydroxylation sites is 1. The van der Waals surface area contributed by atoms with E-state index in [0.717, 1.165) is 23.9 Å². The molecule has 0 spiro atoms. The van der Waals surface area contributed by atoms with Crippen molar-refractivity contribution >= 4 is 17.5 Å². The number of carbonyl (C=O) groups is 2. The molecule has 136 valence electrons. The molecule has 0 aromatic heterocycles. The lowest BCUT2D eigenvalue weighted by molar-refractivity contribution is -0.117. The van der Waals surface area contributed by atoms with E-state index in [9.17, 15) is 18.4 Å². The monoisotopic (exact) mass is 359 g/mol. The zero-order valence-corrected chi connectivity index (χ0v) is 14.1. The highest BCUT2D eigenvalue weighted by Gasteiger charge is 2.24. The first kappa shape index (κ1) is 18.0. The van der Waals surface area contributed by atoms with E-state index in [4.69, 9.17) is 0 Å². The lowest BCUT2D eigenvalue weighted by Crippen LogP contribution is -2.50. The van der Waals surface area contributed by atoms with Crippen molar-refractivity contribution in [2.75, 3.05) is 38.0 Å². The Morgan fingerprint density at radius 1 is 0.923 bits per heavy atom. The molecule has 26 heavy (non-hydrogen) atoms. The van der Waals surface area contributed by atoms with Gasteiger partial charge in [-0.05, 0) is 24.3 Å². The molecule has 0 unspecified atom stereocenters. The van der Waals surface area contributed by atoms with Gasteiger partial charge in [-0.25, -0.2) is 8.78 Å². The van der Waals surface area contributed by atoms with Crippen molar-refractivity contribution in [1.82, 2.24) is 9.80 Å². The van der Waals surface area contributed by atoms with Crippen molar-refractivity contribution in [2.45, 2.75) is 0 Å². The third-order valence-electron chi connectivity index (χ3n) is 4.19. The van der Waals surface area contributed by atoms with Gasteiger partial charge in [0, 0.05) is 43.5 Å². The van der Waals surface area contributed by atoms with E-state index in [1.807, 2.05) is 35.2 Å². The van der Waals surface area contributed by atoms with Crippen LogP contribution in [-0.2, 0) is 4.79 Å². The summed E-state index contributed by atoms with van der Waals surface area (Å²) in [5.41, 5.74) is 0.734. The van der Waals surface area contributed by atoms with Gasteiger partial charge in [0.1, 0.15) is 11.6 Å². The largest absolute Gasteiger partial charge is 0.336 e. The summed E-state index contributed by atoms with van der Waals surface area (Å²) in [6.07, 6.45) is 0. The van der Waals surface area contributed by atoms with E-state index >= 15 is 0 Å². The summed E-state index contributed by atoms with van der Waals surface area (Å²) in [7, 11) is 0. The number of rotatable bonds is 4. The number of nitrogens with zero attached hydrogens (tertiary/aromatic N) is 2. The van der Waals surface area contributed by atoms with Gasteiger partial charge in [-0.15, -0.1) is 0 Å². The minimum Gasteiger partial charge on any atom is -0.336 e. The number of halogens is 2. The first-order valence-electron chi connectivity index (χ1n) is 8.34. The Kier molecular flexibility index (Phi) is 5.58. The summed E-state index contributed by atoms with van der Waals surface area (Å²) in [6, 6.07) is 12.0. The second-order valence-electron chi connectivity index (χ2n) is 6.14. The number of benzene rings is 2. The van der Waals surface area contributed by atoms with Crippen LogP contribution in [0, 0.1) is 11.6 Å². The van der Waals surface area contributed by atoms with E-state index in [0.29, 0.717) is 26.2 Å². The third-order valence-corrected chi connectivity index (χ3v) is 4.19. The number of nitrogens with one attached hydrogen (secondary N) is 1. The normalized spacial score (nSPS) is 14.9. The number of hydrogen-bond donors (Lipinski definition) is 1. The number of carbonyl (C=O) groups excluding carboxylic acids is 2. The lowest BCUT2D eigenvalue weighted by atomic mass is 10.1. The highest BCUT2D eigenvalue weighted by molar-refractivity contribution is 5.94. The smallest absolute Gasteiger partial charge is 0.254 e. The van der Waals surface area contributed by atoms with Gasteiger partial charge in [0.2, 0.25) is 5.91 Å². The van der Waals surface area contributed by atoms with E-state index in [1.54, 1.807) is 4.90 Å². The van der Waals surface area contributed by atoms with Gasteiger partial charge in [-0.3, -0.25) is 14.5 Å². The van der Waals surface area contributed by atoms with Crippen molar-refractivity contribution in [2.24, 2.45) is 0 Å². The fourth-order valence-electron chi connectivity index (χ4n) is 2.89. The first-order valence-corrected chi connectivity index (χ1v) is 8.34. The van der Waals surface area contributed by atoms with Crippen molar-refractivity contribution in [3.05, 3.63) is 65.7 Å². The van der Waals surface area contributed by atoms with Crippen LogP contribution in [0.15, 0.2) is 48.5 Å². The Bertz CT molecular complexity index is 770. The second-order valence-corrected chi connectivity index (χ2v) is 6.14. The molecule has 1 aliphatic rings. The van der Waals surface area contributed by atoms with Gasteiger partial charge in [-0.1, -0.05) is 18.2 Å².